The molecule has 0 aliphatic rings. The van der Waals surface area contributed by atoms with E-state index in [1.165, 1.54) is 42.8 Å². The fraction of sp³-hybridized carbons (Fsp3) is 0. The van der Waals surface area contributed by atoms with Crippen LogP contribution in [-0.2, 0) is 0 Å². The lowest BCUT2D eigenvalue weighted by Gasteiger charge is -2.09. The number of nitrogens with zero attached hydrogens (tertiary/aromatic N) is 4. The van der Waals surface area contributed by atoms with Crippen LogP contribution in [0.25, 0.3) is 115 Å². The average molecular weight is 747 g/mol. The van der Waals surface area contributed by atoms with E-state index in [2.05, 4.69) is 126 Å². The first-order valence-corrected chi connectivity index (χ1v) is 19.8. The van der Waals surface area contributed by atoms with Gasteiger partial charge in [-0.1, -0.05) is 127 Å². The molecule has 5 nitrogen and oxygen atoms in total. The Morgan fingerprint density at radius 1 is 0.404 bits per heavy atom. The fourth-order valence-corrected chi connectivity index (χ4v) is 9.70. The van der Waals surface area contributed by atoms with Gasteiger partial charge in [0.1, 0.15) is 11.2 Å². The fourth-order valence-electron chi connectivity index (χ4n) is 8.47. The van der Waals surface area contributed by atoms with Crippen molar-refractivity contribution in [3.05, 3.63) is 182 Å². The summed E-state index contributed by atoms with van der Waals surface area (Å²) in [5.41, 5.74) is 10.4. The highest BCUT2D eigenvalue weighted by atomic mass is 32.1. The summed E-state index contributed by atoms with van der Waals surface area (Å²) in [6.07, 6.45) is 0. The highest BCUT2D eigenvalue weighted by Gasteiger charge is 2.20. The van der Waals surface area contributed by atoms with E-state index in [-0.39, 0.29) is 0 Å². The van der Waals surface area contributed by atoms with E-state index >= 15 is 0 Å². The zero-order valence-electron chi connectivity index (χ0n) is 30.4. The van der Waals surface area contributed by atoms with Crippen LogP contribution in [0.5, 0.6) is 0 Å². The second-order valence-electron chi connectivity index (χ2n) is 14.4. The second-order valence-corrected chi connectivity index (χ2v) is 15.4. The van der Waals surface area contributed by atoms with Crippen molar-refractivity contribution in [2.75, 3.05) is 0 Å². The molecule has 0 saturated carbocycles. The van der Waals surface area contributed by atoms with Crippen LogP contribution in [0, 0.1) is 0 Å². The molecule has 0 saturated heterocycles. The van der Waals surface area contributed by atoms with Gasteiger partial charge in [0.2, 0.25) is 0 Å². The van der Waals surface area contributed by atoms with E-state index < -0.39 is 0 Å². The number of thiophene rings is 1. The van der Waals surface area contributed by atoms with Crippen molar-refractivity contribution in [2.24, 2.45) is 0 Å². The molecule has 0 amide bonds. The van der Waals surface area contributed by atoms with Gasteiger partial charge in [-0.15, -0.1) is 11.3 Å². The van der Waals surface area contributed by atoms with Crippen LogP contribution in [0.1, 0.15) is 0 Å². The maximum Gasteiger partial charge on any atom is 0.165 e. The van der Waals surface area contributed by atoms with Gasteiger partial charge in [0.15, 0.2) is 17.5 Å². The monoisotopic (exact) mass is 746 g/mol. The molecule has 0 fully saturated rings. The van der Waals surface area contributed by atoms with Gasteiger partial charge >= 0.3 is 0 Å². The Bertz CT molecular complexity index is 3420. The Hall–Kier alpha value is -7.41. The highest BCUT2D eigenvalue weighted by molar-refractivity contribution is 7.26. The maximum absolute atomic E-state index is 6.46. The molecule has 0 N–H and O–H groups in total. The summed E-state index contributed by atoms with van der Waals surface area (Å²) in [5.74, 6) is 1.96. The minimum atomic E-state index is 0.653. The summed E-state index contributed by atoms with van der Waals surface area (Å²) in [6, 6.07) is 63.8. The summed E-state index contributed by atoms with van der Waals surface area (Å²) >= 11 is 1.78. The van der Waals surface area contributed by atoms with Gasteiger partial charge in [0, 0.05) is 64.1 Å². The average Bonchev–Trinajstić information content (AvgIpc) is 3.96. The Morgan fingerprint density at radius 2 is 0.965 bits per heavy atom. The van der Waals surface area contributed by atoms with Crippen molar-refractivity contribution >= 4 is 75.3 Å². The molecular weight excluding hydrogens is 717 g/mol. The van der Waals surface area contributed by atoms with Crippen molar-refractivity contribution in [1.29, 1.82) is 0 Å². The van der Waals surface area contributed by atoms with Crippen molar-refractivity contribution < 1.29 is 4.42 Å². The van der Waals surface area contributed by atoms with Crippen molar-refractivity contribution in [3.8, 4) is 51.0 Å². The summed E-state index contributed by atoms with van der Waals surface area (Å²) in [4.78, 5) is 15.1. The van der Waals surface area contributed by atoms with Crippen LogP contribution < -0.4 is 0 Å². The summed E-state index contributed by atoms with van der Waals surface area (Å²) in [7, 11) is 0. The van der Waals surface area contributed by atoms with Gasteiger partial charge in [0.25, 0.3) is 0 Å². The quantitative estimate of drug-likeness (QED) is 0.176. The lowest BCUT2D eigenvalue weighted by Crippen LogP contribution is -2.00. The van der Waals surface area contributed by atoms with Gasteiger partial charge in [-0.2, -0.15) is 0 Å². The minimum Gasteiger partial charge on any atom is -0.456 e. The van der Waals surface area contributed by atoms with Crippen LogP contribution in [0.4, 0.5) is 0 Å². The van der Waals surface area contributed by atoms with E-state index in [9.17, 15) is 0 Å². The predicted octanol–water partition coefficient (Wildman–Crippen LogP) is 13.9. The second kappa shape index (κ2) is 12.6. The molecule has 0 aliphatic carbocycles. The Morgan fingerprint density at radius 3 is 1.67 bits per heavy atom. The molecule has 0 bridgehead atoms. The number of aromatic nitrogens is 4. The maximum atomic E-state index is 6.46. The number of hydrogen-bond donors (Lipinski definition) is 0. The molecule has 4 heterocycles. The number of benzene rings is 8. The molecule has 12 aromatic rings. The van der Waals surface area contributed by atoms with Gasteiger partial charge in [-0.3, -0.25) is 0 Å². The van der Waals surface area contributed by atoms with Crippen molar-refractivity contribution in [1.82, 2.24) is 19.5 Å². The summed E-state index contributed by atoms with van der Waals surface area (Å²) in [6.45, 7) is 0. The van der Waals surface area contributed by atoms with Gasteiger partial charge in [-0.25, -0.2) is 15.0 Å². The molecule has 0 atom stereocenters. The third kappa shape index (κ3) is 5.04. The number of hydrogen-bond acceptors (Lipinski definition) is 5. The standard InChI is InChI=1S/C51H30N4OS/c1-3-13-31(14-4-1)49-52-50(32-15-5-2-6-16-32)54-51(53-49)39-21-11-20-38-47-35(19-12-24-46(47)57-48(38)39)33-25-27-44-40(29-33)41-30-34(26-28-45(41)56-44)55-42-22-9-7-17-36(42)37-18-8-10-23-43(37)55/h1-30H. The molecule has 0 unspecified atom stereocenters. The van der Waals surface area contributed by atoms with Crippen LogP contribution in [0.15, 0.2) is 186 Å². The van der Waals surface area contributed by atoms with E-state index in [0.29, 0.717) is 17.5 Å². The van der Waals surface area contributed by atoms with E-state index in [1.807, 2.05) is 60.7 Å². The summed E-state index contributed by atoms with van der Waals surface area (Å²) in [5, 5.41) is 7.07. The number of rotatable bonds is 5. The molecule has 0 radical (unpaired) electrons. The first-order valence-electron chi connectivity index (χ1n) is 19.0. The number of para-hydroxylation sites is 2. The van der Waals surface area contributed by atoms with Crippen LogP contribution in [-0.4, -0.2) is 19.5 Å². The van der Waals surface area contributed by atoms with Gasteiger partial charge in [0.05, 0.1) is 11.0 Å². The zero-order valence-corrected chi connectivity index (χ0v) is 31.2. The molecule has 0 spiro atoms. The molecule has 57 heavy (non-hydrogen) atoms. The normalized spacial score (nSPS) is 11.9. The largest absolute Gasteiger partial charge is 0.456 e. The van der Waals surface area contributed by atoms with E-state index in [4.69, 9.17) is 19.4 Å². The van der Waals surface area contributed by atoms with E-state index in [1.54, 1.807) is 11.3 Å². The third-order valence-corrected chi connectivity index (χ3v) is 12.3. The number of fused-ring (bicyclic) bond motifs is 9. The molecule has 4 aromatic heterocycles. The Kier molecular flexibility index (Phi) is 7.03. The lowest BCUT2D eigenvalue weighted by molar-refractivity contribution is 0.669. The minimum absolute atomic E-state index is 0.653. The SMILES string of the molecule is c1ccc(-c2nc(-c3ccccc3)nc(-c3cccc4c3sc3cccc(-c5ccc6oc7ccc(-n8c9ccccc9c9ccccc98)cc7c6c5)c34)n2)cc1. The highest BCUT2D eigenvalue weighted by Crippen LogP contribution is 2.45. The number of furan rings is 1. The topological polar surface area (TPSA) is 56.7 Å². The first kappa shape index (κ1) is 31.9. The van der Waals surface area contributed by atoms with Crippen LogP contribution in [0.2, 0.25) is 0 Å². The van der Waals surface area contributed by atoms with Crippen LogP contribution in [0.3, 0.4) is 0 Å². The molecule has 8 aromatic carbocycles. The van der Waals surface area contributed by atoms with Crippen LogP contribution >= 0.6 is 11.3 Å². The first-order chi connectivity index (χ1) is 28.2. The summed E-state index contributed by atoms with van der Waals surface area (Å²) < 4.78 is 11.2. The van der Waals surface area contributed by atoms with Gasteiger partial charge < -0.3 is 8.98 Å². The molecule has 12 rings (SSSR count). The predicted molar refractivity (Wildman–Crippen MR) is 236 cm³/mol. The van der Waals surface area contributed by atoms with Crippen molar-refractivity contribution in [2.45, 2.75) is 0 Å². The molecule has 0 aliphatic heterocycles. The van der Waals surface area contributed by atoms with E-state index in [0.717, 1.165) is 54.6 Å². The Labute approximate surface area is 330 Å². The van der Waals surface area contributed by atoms with Crippen molar-refractivity contribution in [3.63, 3.8) is 0 Å². The molecular formula is C51H30N4OS. The zero-order chi connectivity index (χ0) is 37.5. The molecule has 6 heteroatoms. The molecule has 266 valence electrons. The lowest BCUT2D eigenvalue weighted by atomic mass is 9.97. The Balaban J connectivity index is 1.03. The third-order valence-electron chi connectivity index (χ3n) is 11.1. The smallest absolute Gasteiger partial charge is 0.165 e. The van der Waals surface area contributed by atoms with Gasteiger partial charge in [-0.05, 0) is 65.7 Å².